The molecule has 0 saturated carbocycles. The Bertz CT molecular complexity index is 1040. The highest BCUT2D eigenvalue weighted by molar-refractivity contribution is 5.98. The Morgan fingerprint density at radius 3 is 2.75 bits per heavy atom. The van der Waals surface area contributed by atoms with Crippen LogP contribution in [0.5, 0.6) is 5.75 Å². The molecule has 0 unspecified atom stereocenters. The van der Waals surface area contributed by atoms with Crippen LogP contribution in [0.3, 0.4) is 0 Å². The lowest BCUT2D eigenvalue weighted by Gasteiger charge is -2.24. The smallest absolute Gasteiger partial charge is 0.423 e. The van der Waals surface area contributed by atoms with Gasteiger partial charge in [-0.15, -0.1) is 0 Å². The molecular formula is C19H20N4O5. The fraction of sp³-hybridized carbons (Fsp3) is 0.316. The van der Waals surface area contributed by atoms with Crippen LogP contribution in [0.1, 0.15) is 25.1 Å². The molecule has 3 N–H and O–H groups in total. The molecule has 146 valence electrons. The van der Waals surface area contributed by atoms with Crippen molar-refractivity contribution in [3.8, 4) is 5.75 Å². The number of carboxylic acid groups (broad SMARTS) is 1. The molecule has 0 radical (unpaired) electrons. The molecule has 1 saturated heterocycles. The zero-order valence-corrected chi connectivity index (χ0v) is 15.5. The van der Waals surface area contributed by atoms with Crippen molar-refractivity contribution < 1.29 is 24.2 Å². The van der Waals surface area contributed by atoms with Crippen LogP contribution in [-0.2, 0) is 5.41 Å². The summed E-state index contributed by atoms with van der Waals surface area (Å²) in [5, 5.41) is 16.3. The predicted octanol–water partition coefficient (Wildman–Crippen LogP) is 2.54. The van der Waals surface area contributed by atoms with Gasteiger partial charge in [0.1, 0.15) is 5.75 Å². The highest BCUT2D eigenvalue weighted by atomic mass is 16.6. The van der Waals surface area contributed by atoms with E-state index >= 15 is 0 Å². The largest absolute Gasteiger partial charge is 0.464 e. The van der Waals surface area contributed by atoms with Gasteiger partial charge in [0.05, 0.1) is 17.8 Å². The van der Waals surface area contributed by atoms with Crippen molar-refractivity contribution in [3.05, 3.63) is 35.7 Å². The van der Waals surface area contributed by atoms with Crippen LogP contribution in [0.25, 0.3) is 17.0 Å². The maximum atomic E-state index is 12.2. The minimum absolute atomic E-state index is 0.173. The van der Waals surface area contributed by atoms with E-state index in [1.807, 2.05) is 13.8 Å². The van der Waals surface area contributed by atoms with Gasteiger partial charge in [0.15, 0.2) is 0 Å². The molecule has 3 heterocycles. The van der Waals surface area contributed by atoms with Crippen LogP contribution in [0, 0.1) is 0 Å². The van der Waals surface area contributed by atoms with Crippen molar-refractivity contribution in [2.75, 3.05) is 19.6 Å². The van der Waals surface area contributed by atoms with Gasteiger partial charge in [0.25, 0.3) is 0 Å². The molecule has 0 spiro atoms. The Morgan fingerprint density at radius 1 is 1.29 bits per heavy atom. The number of carbonyl (C=O) groups excluding carboxylic acids is 2. The van der Waals surface area contributed by atoms with Crippen molar-refractivity contribution in [2.24, 2.45) is 0 Å². The first-order valence-electron chi connectivity index (χ1n) is 8.89. The molecule has 1 aromatic carbocycles. The van der Waals surface area contributed by atoms with E-state index in [1.165, 1.54) is 10.6 Å². The average Bonchev–Trinajstić information content (AvgIpc) is 3.15. The van der Waals surface area contributed by atoms with Crippen molar-refractivity contribution >= 4 is 35.2 Å². The quantitative estimate of drug-likeness (QED) is 0.696. The van der Waals surface area contributed by atoms with Gasteiger partial charge in [-0.2, -0.15) is 0 Å². The van der Waals surface area contributed by atoms with Crippen molar-refractivity contribution in [1.29, 1.82) is 0 Å². The molecule has 4 rings (SSSR count). The number of imide groups is 1. The number of hydrogen-bond donors (Lipinski definition) is 3. The first-order valence-corrected chi connectivity index (χ1v) is 8.89. The van der Waals surface area contributed by atoms with Crippen LogP contribution in [0.2, 0.25) is 0 Å². The van der Waals surface area contributed by atoms with E-state index in [2.05, 4.69) is 10.6 Å². The third-order valence-electron chi connectivity index (χ3n) is 5.03. The van der Waals surface area contributed by atoms with Crippen LogP contribution < -0.4 is 15.4 Å². The third-order valence-corrected chi connectivity index (χ3v) is 5.03. The Balaban J connectivity index is 1.81. The Labute approximate surface area is 160 Å². The summed E-state index contributed by atoms with van der Waals surface area (Å²) in [6.45, 7) is 5.33. The zero-order chi connectivity index (χ0) is 20.1. The number of carbonyl (C=O) groups is 3. The molecule has 9 nitrogen and oxygen atoms in total. The van der Waals surface area contributed by atoms with Gasteiger partial charge in [-0.05, 0) is 30.0 Å². The van der Waals surface area contributed by atoms with Crippen LogP contribution in [-0.4, -0.2) is 52.4 Å². The summed E-state index contributed by atoms with van der Waals surface area (Å²) < 4.78 is 6.50. The number of aromatic nitrogens is 1. The van der Waals surface area contributed by atoms with E-state index in [4.69, 9.17) is 4.74 Å². The fourth-order valence-corrected chi connectivity index (χ4v) is 3.77. The lowest BCUT2D eigenvalue weighted by molar-refractivity contribution is 0.164. The molecule has 0 bridgehead atoms. The highest BCUT2D eigenvalue weighted by Gasteiger charge is 2.32. The molecule has 0 atom stereocenters. The van der Waals surface area contributed by atoms with Crippen molar-refractivity contribution in [2.45, 2.75) is 19.3 Å². The van der Waals surface area contributed by atoms with Gasteiger partial charge in [0.2, 0.25) is 0 Å². The fourth-order valence-electron chi connectivity index (χ4n) is 3.77. The van der Waals surface area contributed by atoms with Gasteiger partial charge < -0.3 is 20.5 Å². The average molecular weight is 384 g/mol. The van der Waals surface area contributed by atoms with Gasteiger partial charge in [0, 0.05) is 30.0 Å². The van der Waals surface area contributed by atoms with Gasteiger partial charge >= 0.3 is 18.2 Å². The predicted molar refractivity (Wildman–Crippen MR) is 102 cm³/mol. The van der Waals surface area contributed by atoms with Gasteiger partial charge in [-0.1, -0.05) is 13.8 Å². The number of rotatable bonds is 1. The summed E-state index contributed by atoms with van der Waals surface area (Å²) in [5.74, 6) is 0.173. The summed E-state index contributed by atoms with van der Waals surface area (Å²) in [5.41, 5.74) is 1.58. The molecule has 2 aliphatic heterocycles. The molecular weight excluding hydrogens is 364 g/mol. The second-order valence-electron chi connectivity index (χ2n) is 7.41. The van der Waals surface area contributed by atoms with E-state index in [0.717, 1.165) is 15.8 Å². The zero-order valence-electron chi connectivity index (χ0n) is 15.5. The molecule has 2 aromatic rings. The van der Waals surface area contributed by atoms with Crippen LogP contribution in [0.4, 0.5) is 14.4 Å². The summed E-state index contributed by atoms with van der Waals surface area (Å²) in [4.78, 5) is 36.8. The molecule has 1 fully saturated rings. The topological polar surface area (TPSA) is 113 Å². The molecule has 2 aliphatic rings. The summed E-state index contributed by atoms with van der Waals surface area (Å²) in [6.07, 6.45) is 1.54. The normalized spacial score (nSPS) is 17.6. The van der Waals surface area contributed by atoms with Crippen LogP contribution in [0.15, 0.2) is 24.4 Å². The van der Waals surface area contributed by atoms with E-state index in [-0.39, 0.29) is 17.7 Å². The maximum Gasteiger partial charge on any atom is 0.423 e. The number of ether oxygens (including phenoxy) is 1. The number of amides is 3. The first-order chi connectivity index (χ1) is 13.3. The van der Waals surface area contributed by atoms with E-state index < -0.39 is 18.2 Å². The van der Waals surface area contributed by atoms with Crippen LogP contribution >= 0.6 is 0 Å². The second kappa shape index (κ2) is 6.29. The highest BCUT2D eigenvalue weighted by Crippen LogP contribution is 2.38. The first kappa shape index (κ1) is 17.9. The number of fused-ring (bicyclic) bond motifs is 3. The third kappa shape index (κ3) is 2.75. The minimum Gasteiger partial charge on any atom is -0.464 e. The number of nitrogens with one attached hydrogen (secondary N) is 2. The maximum absolute atomic E-state index is 12.2. The molecule has 0 aliphatic carbocycles. The number of urea groups is 1. The summed E-state index contributed by atoms with van der Waals surface area (Å²) in [7, 11) is 0. The Morgan fingerprint density at radius 2 is 2.07 bits per heavy atom. The monoisotopic (exact) mass is 384 g/mol. The summed E-state index contributed by atoms with van der Waals surface area (Å²) in [6, 6.07) is 4.37. The minimum atomic E-state index is -1.13. The van der Waals surface area contributed by atoms with Gasteiger partial charge in [-0.3, -0.25) is 0 Å². The number of nitrogens with zero attached hydrogens (tertiary/aromatic N) is 2. The SMILES string of the molecule is CC1(C)CNC=Cc2c1c1ccc(OC(=O)N3CCNC3=O)cc1n2C(=O)O. The summed E-state index contributed by atoms with van der Waals surface area (Å²) >= 11 is 0. The number of hydrogen-bond acceptors (Lipinski definition) is 5. The lowest BCUT2D eigenvalue weighted by Crippen LogP contribution is -2.36. The standard InChI is InChI=1S/C19H20N4O5/c1-19(2)10-20-6-5-13-15(19)12-4-3-11(9-14(12)23(13)17(25)26)28-18(27)22-8-7-21-16(22)24/h3-6,9,20H,7-8,10H2,1-2H3,(H,21,24)(H,25,26). The Kier molecular flexibility index (Phi) is 4.02. The van der Waals surface area contributed by atoms with E-state index in [0.29, 0.717) is 24.3 Å². The Hall–Kier alpha value is -3.49. The van der Waals surface area contributed by atoms with Gasteiger partial charge in [-0.25, -0.2) is 23.9 Å². The molecule has 1 aromatic heterocycles. The molecule has 9 heteroatoms. The van der Waals surface area contributed by atoms with Crippen molar-refractivity contribution in [3.63, 3.8) is 0 Å². The molecule has 28 heavy (non-hydrogen) atoms. The van der Waals surface area contributed by atoms with E-state index in [1.54, 1.807) is 24.4 Å². The lowest BCUT2D eigenvalue weighted by atomic mass is 9.83. The number of benzene rings is 1. The van der Waals surface area contributed by atoms with E-state index in [9.17, 15) is 19.5 Å². The van der Waals surface area contributed by atoms with Crippen molar-refractivity contribution in [1.82, 2.24) is 20.1 Å². The second-order valence-corrected chi connectivity index (χ2v) is 7.41. The molecule has 3 amide bonds.